The van der Waals surface area contributed by atoms with Gasteiger partial charge >= 0.3 is 5.97 Å². The van der Waals surface area contributed by atoms with E-state index >= 15 is 0 Å². The molecule has 0 N–H and O–H groups in total. The maximum Gasteiger partial charge on any atom is 0.315 e. The van der Waals surface area contributed by atoms with Gasteiger partial charge < -0.3 is 18.9 Å². The predicted octanol–water partition coefficient (Wildman–Crippen LogP) is 4.22. The van der Waals surface area contributed by atoms with Gasteiger partial charge in [0.15, 0.2) is 17.3 Å². The molecule has 2 aromatic rings. The highest BCUT2D eigenvalue weighted by Gasteiger charge is 2.52. The Labute approximate surface area is 178 Å². The van der Waals surface area contributed by atoms with E-state index < -0.39 is 12.5 Å². The standard InChI is InChI=1S/C24H26O6/c1-4-29-23(26)24(12-13-24)14-30-21-18(9-11-20(27-2)22(21)28-3)15-6-5-7-17-16(15)8-10-19(17)25/h5-7,9,11H,4,8,10,12-14H2,1-3H3/i3D2. The molecule has 2 aromatic carbocycles. The van der Waals surface area contributed by atoms with E-state index in [0.717, 1.165) is 11.1 Å². The van der Waals surface area contributed by atoms with E-state index in [1.165, 1.54) is 7.11 Å². The molecule has 0 heterocycles. The molecule has 0 aromatic heterocycles. The molecule has 0 radical (unpaired) electrons. The van der Waals surface area contributed by atoms with Crippen LogP contribution in [0.3, 0.4) is 0 Å². The fourth-order valence-electron chi connectivity index (χ4n) is 3.97. The summed E-state index contributed by atoms with van der Waals surface area (Å²) in [6.07, 6.45) is 2.40. The van der Waals surface area contributed by atoms with E-state index in [0.29, 0.717) is 49.2 Å². The number of fused-ring (bicyclic) bond motifs is 1. The lowest BCUT2D eigenvalue weighted by atomic mass is 9.95. The normalized spacial score (nSPS) is 17.1. The number of hydrogen-bond acceptors (Lipinski definition) is 6. The first kappa shape index (κ1) is 17.8. The molecule has 0 bridgehead atoms. The van der Waals surface area contributed by atoms with Gasteiger partial charge in [-0.2, -0.15) is 0 Å². The molecular weight excluding hydrogens is 384 g/mol. The Morgan fingerprint density at radius 2 is 1.87 bits per heavy atom. The quantitative estimate of drug-likeness (QED) is 0.605. The molecule has 2 aliphatic rings. The molecule has 4 rings (SSSR count). The molecule has 0 amide bonds. The van der Waals surface area contributed by atoms with E-state index in [9.17, 15) is 9.59 Å². The summed E-state index contributed by atoms with van der Waals surface area (Å²) in [5.74, 6) is 0.541. The van der Waals surface area contributed by atoms with Gasteiger partial charge in [-0.15, -0.1) is 0 Å². The molecule has 0 aliphatic heterocycles. The average Bonchev–Trinajstić information content (AvgIpc) is 3.48. The van der Waals surface area contributed by atoms with Crippen LogP contribution in [0.25, 0.3) is 11.1 Å². The van der Waals surface area contributed by atoms with Crippen molar-refractivity contribution >= 4 is 11.8 Å². The molecule has 0 spiro atoms. The second kappa shape index (κ2) is 8.01. The van der Waals surface area contributed by atoms with Gasteiger partial charge in [0.2, 0.25) is 5.75 Å². The second-order valence-electron chi connectivity index (χ2n) is 7.64. The summed E-state index contributed by atoms with van der Waals surface area (Å²) < 4.78 is 37.5. The van der Waals surface area contributed by atoms with Crippen molar-refractivity contribution in [2.45, 2.75) is 32.6 Å². The van der Waals surface area contributed by atoms with Crippen LogP contribution in [0.2, 0.25) is 0 Å². The maximum absolute atomic E-state index is 12.4. The predicted molar refractivity (Wildman–Crippen MR) is 111 cm³/mol. The third-order valence-corrected chi connectivity index (χ3v) is 5.84. The van der Waals surface area contributed by atoms with E-state index in [2.05, 4.69) is 0 Å². The van der Waals surface area contributed by atoms with Crippen LogP contribution in [-0.2, 0) is 16.0 Å². The molecule has 0 unspecified atom stereocenters. The fraction of sp³-hybridized carbons (Fsp3) is 0.417. The highest BCUT2D eigenvalue weighted by molar-refractivity contribution is 6.02. The molecule has 1 saturated carbocycles. The Hall–Kier alpha value is -3.02. The number of rotatable bonds is 8. The Bertz CT molecular complexity index is 1050. The van der Waals surface area contributed by atoms with Gasteiger partial charge in [0.1, 0.15) is 12.0 Å². The number of benzene rings is 2. The van der Waals surface area contributed by atoms with Gasteiger partial charge in [0.05, 0.1) is 23.5 Å². The fourth-order valence-corrected chi connectivity index (χ4v) is 3.97. The van der Waals surface area contributed by atoms with Gasteiger partial charge in [-0.25, -0.2) is 0 Å². The molecule has 0 saturated heterocycles. The summed E-state index contributed by atoms with van der Waals surface area (Å²) in [5.41, 5.74) is 2.40. The Kier molecular flexibility index (Phi) is 4.76. The minimum Gasteiger partial charge on any atom is -0.493 e. The van der Waals surface area contributed by atoms with Crippen molar-refractivity contribution in [2.24, 2.45) is 5.41 Å². The van der Waals surface area contributed by atoms with Gasteiger partial charge in [-0.1, -0.05) is 18.2 Å². The summed E-state index contributed by atoms with van der Waals surface area (Å²) in [6.45, 7) is 2.14. The highest BCUT2D eigenvalue weighted by Crippen LogP contribution is 2.51. The summed E-state index contributed by atoms with van der Waals surface area (Å²) in [5, 5.41) is 0. The number of esters is 1. The molecule has 30 heavy (non-hydrogen) atoms. The molecule has 2 aliphatic carbocycles. The van der Waals surface area contributed by atoms with Crippen LogP contribution >= 0.6 is 0 Å². The first-order valence-corrected chi connectivity index (χ1v) is 10.1. The number of methoxy groups -OCH3 is 2. The van der Waals surface area contributed by atoms with Gasteiger partial charge in [-0.05, 0) is 49.4 Å². The summed E-state index contributed by atoms with van der Waals surface area (Å²) in [7, 11) is -0.140. The van der Waals surface area contributed by atoms with Crippen molar-refractivity contribution in [3.63, 3.8) is 0 Å². The zero-order valence-electron chi connectivity index (χ0n) is 19.2. The Morgan fingerprint density at radius 3 is 2.57 bits per heavy atom. The maximum atomic E-state index is 12.4. The third kappa shape index (κ3) is 3.40. The Morgan fingerprint density at radius 1 is 1.07 bits per heavy atom. The number of hydrogen-bond donors (Lipinski definition) is 0. The van der Waals surface area contributed by atoms with E-state index in [1.54, 1.807) is 13.0 Å². The molecular formula is C24H26O6. The highest BCUT2D eigenvalue weighted by atomic mass is 16.5. The van der Waals surface area contributed by atoms with Crippen molar-refractivity contribution in [2.75, 3.05) is 27.4 Å². The van der Waals surface area contributed by atoms with Crippen molar-refractivity contribution < 1.29 is 31.3 Å². The minimum absolute atomic E-state index is 0.0803. The van der Waals surface area contributed by atoms with Crippen LogP contribution < -0.4 is 14.2 Å². The lowest BCUT2D eigenvalue weighted by molar-refractivity contribution is -0.150. The van der Waals surface area contributed by atoms with Crippen LogP contribution in [0.5, 0.6) is 17.2 Å². The van der Waals surface area contributed by atoms with Crippen LogP contribution in [-0.4, -0.2) is 39.1 Å². The molecule has 6 heteroatoms. The lowest BCUT2D eigenvalue weighted by Gasteiger charge is -2.21. The van der Waals surface area contributed by atoms with Crippen LogP contribution in [0, 0.1) is 5.41 Å². The van der Waals surface area contributed by atoms with Crippen LogP contribution in [0.1, 0.15) is 44.8 Å². The summed E-state index contributed by atoms with van der Waals surface area (Å²) in [6, 6.07) is 9.05. The number of carbonyl (C=O) groups is 2. The van der Waals surface area contributed by atoms with E-state index in [1.807, 2.05) is 24.3 Å². The van der Waals surface area contributed by atoms with Crippen molar-refractivity contribution in [1.82, 2.24) is 0 Å². The monoisotopic (exact) mass is 412 g/mol. The first-order valence-electron chi connectivity index (χ1n) is 11.2. The largest absolute Gasteiger partial charge is 0.493 e. The Balaban J connectivity index is 1.79. The summed E-state index contributed by atoms with van der Waals surface area (Å²) >= 11 is 0. The topological polar surface area (TPSA) is 71.1 Å². The van der Waals surface area contributed by atoms with Crippen molar-refractivity contribution in [3.8, 4) is 28.4 Å². The number of Topliss-reactive ketones (excluding diaryl/α,β-unsaturated/α-hetero) is 1. The van der Waals surface area contributed by atoms with Gasteiger partial charge in [-0.3, -0.25) is 9.59 Å². The zero-order valence-corrected chi connectivity index (χ0v) is 17.2. The molecule has 6 nitrogen and oxygen atoms in total. The third-order valence-electron chi connectivity index (χ3n) is 5.84. The first-order chi connectivity index (χ1) is 15.4. The van der Waals surface area contributed by atoms with E-state index in [-0.39, 0.29) is 29.9 Å². The summed E-state index contributed by atoms with van der Waals surface area (Å²) in [4.78, 5) is 24.7. The number of ketones is 1. The van der Waals surface area contributed by atoms with Gasteiger partial charge in [0, 0.05) is 17.5 Å². The van der Waals surface area contributed by atoms with Crippen LogP contribution in [0.15, 0.2) is 30.3 Å². The van der Waals surface area contributed by atoms with Gasteiger partial charge in [0.25, 0.3) is 0 Å². The number of ether oxygens (including phenoxy) is 4. The molecule has 0 atom stereocenters. The van der Waals surface area contributed by atoms with Crippen molar-refractivity contribution in [3.05, 3.63) is 41.5 Å². The SMILES string of the molecule is [2H]C([2H])Oc1c(OC)ccc(-c2cccc3c2CCC3=O)c1OCC1(C(=O)OCC)CC1. The zero-order chi connectivity index (χ0) is 22.9. The molecule has 158 valence electrons. The number of carbonyl (C=O) groups excluding carboxylic acids is 2. The lowest BCUT2D eigenvalue weighted by Crippen LogP contribution is -2.26. The average molecular weight is 412 g/mol. The van der Waals surface area contributed by atoms with Crippen molar-refractivity contribution in [1.29, 1.82) is 0 Å². The molecule has 1 fully saturated rings. The van der Waals surface area contributed by atoms with Crippen LogP contribution in [0.4, 0.5) is 0 Å². The minimum atomic E-state index is -1.61. The van der Waals surface area contributed by atoms with E-state index in [4.69, 9.17) is 21.7 Å². The second-order valence-corrected chi connectivity index (χ2v) is 7.64. The smallest absolute Gasteiger partial charge is 0.315 e.